The number of hydrogen-bond acceptors (Lipinski definition) is 2. The van der Waals surface area contributed by atoms with Crippen LogP contribution in [0.25, 0.3) is 0 Å². The van der Waals surface area contributed by atoms with E-state index in [9.17, 15) is 4.79 Å². The highest BCUT2D eigenvalue weighted by molar-refractivity contribution is 5.92. The van der Waals surface area contributed by atoms with E-state index >= 15 is 0 Å². The maximum absolute atomic E-state index is 11.9. The van der Waals surface area contributed by atoms with Gasteiger partial charge in [-0.3, -0.25) is 4.79 Å². The van der Waals surface area contributed by atoms with Crippen molar-refractivity contribution in [3.63, 3.8) is 0 Å². The van der Waals surface area contributed by atoms with Gasteiger partial charge < -0.3 is 11.1 Å². The second kappa shape index (κ2) is 6.01. The van der Waals surface area contributed by atoms with Gasteiger partial charge in [-0.1, -0.05) is 31.5 Å². The summed E-state index contributed by atoms with van der Waals surface area (Å²) >= 11 is 0. The largest absolute Gasteiger partial charge is 0.327 e. The summed E-state index contributed by atoms with van der Waals surface area (Å²) in [5, 5.41) is 2.97. The van der Waals surface area contributed by atoms with Crippen molar-refractivity contribution in [2.45, 2.75) is 47.1 Å². The molecule has 1 atom stereocenters. The van der Waals surface area contributed by atoms with Gasteiger partial charge in [-0.15, -0.1) is 0 Å². The Bertz CT molecular complexity index is 415. The molecule has 3 N–H and O–H groups in total. The number of nitrogens with one attached hydrogen (secondary N) is 1. The molecule has 3 heteroatoms. The molecule has 0 spiro atoms. The van der Waals surface area contributed by atoms with Gasteiger partial charge in [0.25, 0.3) is 0 Å². The normalized spacial score (nSPS) is 12.6. The molecule has 0 aliphatic rings. The molecule has 1 unspecified atom stereocenters. The zero-order valence-corrected chi connectivity index (χ0v) is 12.0. The van der Waals surface area contributed by atoms with E-state index in [0.717, 1.165) is 16.8 Å². The van der Waals surface area contributed by atoms with E-state index in [2.05, 4.69) is 24.4 Å². The Balaban J connectivity index is 2.77. The van der Waals surface area contributed by atoms with Crippen molar-refractivity contribution in [1.29, 1.82) is 0 Å². The van der Waals surface area contributed by atoms with Crippen molar-refractivity contribution in [3.8, 4) is 0 Å². The summed E-state index contributed by atoms with van der Waals surface area (Å²) < 4.78 is 0. The number of aryl methyl sites for hydroxylation is 3. The number of nitrogens with two attached hydrogens (primary N) is 1. The summed E-state index contributed by atoms with van der Waals surface area (Å²) in [5.41, 5.74) is 10.2. The summed E-state index contributed by atoms with van der Waals surface area (Å²) in [4.78, 5) is 11.9. The van der Waals surface area contributed by atoms with Crippen LogP contribution in [0.3, 0.4) is 0 Å². The molecule has 1 aromatic carbocycles. The third kappa shape index (κ3) is 3.84. The molecule has 100 valence electrons. The fraction of sp³-hybridized carbons (Fsp3) is 0.533. The van der Waals surface area contributed by atoms with Crippen LogP contribution >= 0.6 is 0 Å². The standard InChI is InChI=1S/C15H24N2O/c1-9(2)13(16)8-14(18)17-15-11(4)6-10(3)7-12(15)5/h6-7,9,13H,8,16H2,1-5H3,(H,17,18). The predicted molar refractivity (Wildman–Crippen MR) is 76.7 cm³/mol. The first-order valence-electron chi connectivity index (χ1n) is 6.44. The highest BCUT2D eigenvalue weighted by Gasteiger charge is 2.14. The zero-order valence-electron chi connectivity index (χ0n) is 12.0. The molecular formula is C15H24N2O. The topological polar surface area (TPSA) is 55.1 Å². The third-order valence-electron chi connectivity index (χ3n) is 3.22. The Hall–Kier alpha value is -1.35. The van der Waals surface area contributed by atoms with Crippen LogP contribution in [0, 0.1) is 26.7 Å². The lowest BCUT2D eigenvalue weighted by Gasteiger charge is -2.17. The fourth-order valence-electron chi connectivity index (χ4n) is 2.02. The van der Waals surface area contributed by atoms with E-state index in [1.807, 2.05) is 27.7 Å². The lowest BCUT2D eigenvalue weighted by atomic mass is 10.0. The van der Waals surface area contributed by atoms with Gasteiger partial charge in [-0.25, -0.2) is 0 Å². The van der Waals surface area contributed by atoms with Gasteiger partial charge in [-0.05, 0) is 37.8 Å². The van der Waals surface area contributed by atoms with Crippen LogP contribution < -0.4 is 11.1 Å². The van der Waals surface area contributed by atoms with E-state index in [1.165, 1.54) is 5.56 Å². The first-order valence-corrected chi connectivity index (χ1v) is 6.44. The van der Waals surface area contributed by atoms with Gasteiger partial charge in [0.2, 0.25) is 5.91 Å². The molecule has 0 fully saturated rings. The third-order valence-corrected chi connectivity index (χ3v) is 3.22. The molecule has 0 saturated carbocycles. The molecule has 18 heavy (non-hydrogen) atoms. The number of rotatable bonds is 4. The fourth-order valence-corrected chi connectivity index (χ4v) is 2.02. The molecular weight excluding hydrogens is 224 g/mol. The lowest BCUT2D eigenvalue weighted by Crippen LogP contribution is -2.31. The Morgan fingerprint density at radius 1 is 1.22 bits per heavy atom. The number of hydrogen-bond donors (Lipinski definition) is 2. The number of amides is 1. The average Bonchev–Trinajstić information content (AvgIpc) is 2.23. The molecule has 0 heterocycles. The van der Waals surface area contributed by atoms with Crippen LogP contribution in [0.2, 0.25) is 0 Å². The van der Waals surface area contributed by atoms with Gasteiger partial charge in [0.1, 0.15) is 0 Å². The van der Waals surface area contributed by atoms with Crippen molar-refractivity contribution in [3.05, 3.63) is 28.8 Å². The molecule has 1 rings (SSSR count). The SMILES string of the molecule is Cc1cc(C)c(NC(=O)CC(N)C(C)C)c(C)c1. The molecule has 0 bridgehead atoms. The highest BCUT2D eigenvalue weighted by Crippen LogP contribution is 2.22. The number of anilines is 1. The molecule has 0 radical (unpaired) electrons. The molecule has 1 aromatic rings. The summed E-state index contributed by atoms with van der Waals surface area (Å²) in [6.45, 7) is 10.1. The lowest BCUT2D eigenvalue weighted by molar-refractivity contribution is -0.116. The van der Waals surface area contributed by atoms with Crippen LogP contribution in [0.4, 0.5) is 5.69 Å². The van der Waals surface area contributed by atoms with Gasteiger partial charge in [0.15, 0.2) is 0 Å². The van der Waals surface area contributed by atoms with Crippen LogP contribution in [-0.2, 0) is 4.79 Å². The maximum atomic E-state index is 11.9. The Morgan fingerprint density at radius 3 is 2.17 bits per heavy atom. The Labute approximate surface area is 110 Å². The number of carbonyl (C=O) groups is 1. The van der Waals surface area contributed by atoms with E-state index in [-0.39, 0.29) is 11.9 Å². The second-order valence-corrected chi connectivity index (χ2v) is 5.43. The summed E-state index contributed by atoms with van der Waals surface area (Å²) in [7, 11) is 0. The summed E-state index contributed by atoms with van der Waals surface area (Å²) in [6.07, 6.45) is 0.365. The Morgan fingerprint density at radius 2 is 1.72 bits per heavy atom. The minimum Gasteiger partial charge on any atom is -0.327 e. The first-order chi connectivity index (χ1) is 8.31. The molecule has 0 aliphatic heterocycles. The number of benzene rings is 1. The molecule has 0 saturated heterocycles. The van der Waals surface area contributed by atoms with Crippen LogP contribution in [0.15, 0.2) is 12.1 Å². The number of carbonyl (C=O) groups excluding carboxylic acids is 1. The van der Waals surface area contributed by atoms with Gasteiger partial charge in [-0.2, -0.15) is 0 Å². The van der Waals surface area contributed by atoms with E-state index < -0.39 is 0 Å². The minimum absolute atomic E-state index is 0.00810. The predicted octanol–water partition coefficient (Wildman–Crippen LogP) is 2.92. The second-order valence-electron chi connectivity index (χ2n) is 5.43. The highest BCUT2D eigenvalue weighted by atomic mass is 16.1. The van der Waals surface area contributed by atoms with E-state index in [0.29, 0.717) is 12.3 Å². The summed E-state index contributed by atoms with van der Waals surface area (Å²) in [6, 6.07) is 4.06. The quantitative estimate of drug-likeness (QED) is 0.860. The minimum atomic E-state index is -0.0870. The zero-order chi connectivity index (χ0) is 13.9. The summed E-state index contributed by atoms with van der Waals surface area (Å²) in [5.74, 6) is 0.308. The molecule has 0 aliphatic carbocycles. The van der Waals surface area contributed by atoms with Crippen molar-refractivity contribution in [2.75, 3.05) is 5.32 Å². The van der Waals surface area contributed by atoms with Crippen molar-refractivity contribution < 1.29 is 4.79 Å². The van der Waals surface area contributed by atoms with Gasteiger partial charge in [0, 0.05) is 18.2 Å². The van der Waals surface area contributed by atoms with Crippen molar-refractivity contribution in [1.82, 2.24) is 0 Å². The van der Waals surface area contributed by atoms with Gasteiger partial charge in [0.05, 0.1) is 0 Å². The van der Waals surface area contributed by atoms with Crippen LogP contribution in [0.1, 0.15) is 37.0 Å². The van der Waals surface area contributed by atoms with Crippen molar-refractivity contribution >= 4 is 11.6 Å². The molecule has 0 aromatic heterocycles. The van der Waals surface area contributed by atoms with Gasteiger partial charge >= 0.3 is 0 Å². The average molecular weight is 248 g/mol. The van der Waals surface area contributed by atoms with E-state index in [4.69, 9.17) is 5.73 Å². The first kappa shape index (κ1) is 14.7. The van der Waals surface area contributed by atoms with E-state index in [1.54, 1.807) is 0 Å². The van der Waals surface area contributed by atoms with Crippen molar-refractivity contribution in [2.24, 2.45) is 11.7 Å². The van der Waals surface area contributed by atoms with Crippen LogP contribution in [-0.4, -0.2) is 11.9 Å². The van der Waals surface area contributed by atoms with Crippen LogP contribution in [0.5, 0.6) is 0 Å². The maximum Gasteiger partial charge on any atom is 0.225 e. The smallest absolute Gasteiger partial charge is 0.225 e. The monoisotopic (exact) mass is 248 g/mol. The molecule has 1 amide bonds. The Kier molecular flexibility index (Phi) is 4.91. The molecule has 3 nitrogen and oxygen atoms in total.